The number of nitrogens with zero attached hydrogens (tertiary/aromatic N) is 2. The summed E-state index contributed by atoms with van der Waals surface area (Å²) in [4.78, 5) is 8.38. The fourth-order valence-electron chi connectivity index (χ4n) is 2.07. The van der Waals surface area contributed by atoms with Gasteiger partial charge in [-0.15, -0.1) is 0 Å². The second kappa shape index (κ2) is 6.68. The number of benzene rings is 1. The molecule has 19 heavy (non-hydrogen) atoms. The fraction of sp³-hybridized carbons (Fsp3) is 0.400. The molecule has 0 aliphatic carbocycles. The third kappa shape index (κ3) is 3.14. The normalized spacial score (nSPS) is 10.7. The van der Waals surface area contributed by atoms with Gasteiger partial charge in [0, 0.05) is 19.6 Å². The molecule has 0 amide bonds. The molecule has 0 radical (unpaired) electrons. The fourth-order valence-corrected chi connectivity index (χ4v) is 3.29. The standard InChI is InChI=1S/C15H21N3S/c1-4-18(5-2)15-17-13(11-16-3)14(19-15)12-9-7-6-8-10-12/h6-10,16H,4-5,11H2,1-3H3. The number of rotatable bonds is 6. The molecule has 0 atom stereocenters. The van der Waals surface area contributed by atoms with E-state index in [2.05, 4.69) is 48.3 Å². The number of anilines is 1. The monoisotopic (exact) mass is 275 g/mol. The molecule has 0 spiro atoms. The van der Waals surface area contributed by atoms with Crippen LogP contribution < -0.4 is 10.2 Å². The lowest BCUT2D eigenvalue weighted by Gasteiger charge is -2.16. The smallest absolute Gasteiger partial charge is 0.186 e. The number of nitrogens with one attached hydrogen (secondary N) is 1. The summed E-state index contributed by atoms with van der Waals surface area (Å²) in [5, 5.41) is 4.33. The maximum Gasteiger partial charge on any atom is 0.186 e. The van der Waals surface area contributed by atoms with Crippen LogP contribution in [0.3, 0.4) is 0 Å². The maximum absolute atomic E-state index is 4.80. The summed E-state index contributed by atoms with van der Waals surface area (Å²) < 4.78 is 0. The Morgan fingerprint density at radius 1 is 1.16 bits per heavy atom. The quantitative estimate of drug-likeness (QED) is 0.876. The number of thiazole rings is 1. The summed E-state index contributed by atoms with van der Waals surface area (Å²) in [5.74, 6) is 0. The first-order chi connectivity index (χ1) is 9.30. The van der Waals surface area contributed by atoms with Crippen molar-refractivity contribution < 1.29 is 0 Å². The summed E-state index contributed by atoms with van der Waals surface area (Å²) >= 11 is 1.78. The lowest BCUT2D eigenvalue weighted by atomic mass is 10.1. The Morgan fingerprint density at radius 3 is 2.42 bits per heavy atom. The highest BCUT2D eigenvalue weighted by atomic mass is 32.1. The van der Waals surface area contributed by atoms with Crippen molar-refractivity contribution in [2.24, 2.45) is 0 Å². The highest BCUT2D eigenvalue weighted by Crippen LogP contribution is 2.34. The highest BCUT2D eigenvalue weighted by molar-refractivity contribution is 7.19. The molecule has 0 saturated carbocycles. The van der Waals surface area contributed by atoms with Gasteiger partial charge in [0.25, 0.3) is 0 Å². The van der Waals surface area contributed by atoms with Gasteiger partial charge < -0.3 is 10.2 Å². The zero-order valence-electron chi connectivity index (χ0n) is 11.8. The molecule has 3 nitrogen and oxygen atoms in total. The predicted molar refractivity (Wildman–Crippen MR) is 83.9 cm³/mol. The molecule has 1 aromatic carbocycles. The molecule has 1 N–H and O–H groups in total. The van der Waals surface area contributed by atoms with Crippen LogP contribution in [-0.2, 0) is 6.54 Å². The molecule has 0 unspecified atom stereocenters. The summed E-state index contributed by atoms with van der Waals surface area (Å²) in [6.07, 6.45) is 0. The maximum atomic E-state index is 4.80. The first kappa shape index (κ1) is 14.0. The number of aromatic nitrogens is 1. The van der Waals surface area contributed by atoms with Gasteiger partial charge in [-0.2, -0.15) is 0 Å². The molecule has 4 heteroatoms. The van der Waals surface area contributed by atoms with E-state index >= 15 is 0 Å². The van der Waals surface area contributed by atoms with Gasteiger partial charge in [0.15, 0.2) is 5.13 Å². The molecule has 2 rings (SSSR count). The molecule has 0 saturated heterocycles. The van der Waals surface area contributed by atoms with Crippen LogP contribution in [-0.4, -0.2) is 25.1 Å². The molecular weight excluding hydrogens is 254 g/mol. The second-order valence-corrected chi connectivity index (χ2v) is 5.32. The van der Waals surface area contributed by atoms with Crippen molar-refractivity contribution in [1.82, 2.24) is 10.3 Å². The van der Waals surface area contributed by atoms with Crippen LogP contribution in [0.4, 0.5) is 5.13 Å². The van der Waals surface area contributed by atoms with Crippen molar-refractivity contribution >= 4 is 16.5 Å². The van der Waals surface area contributed by atoms with Crippen LogP contribution in [0.5, 0.6) is 0 Å². The third-order valence-corrected chi connectivity index (χ3v) is 4.31. The SMILES string of the molecule is CCN(CC)c1nc(CNC)c(-c2ccccc2)s1. The Labute approximate surface area is 119 Å². The first-order valence-corrected chi connectivity index (χ1v) is 7.56. The van der Waals surface area contributed by atoms with Gasteiger partial charge in [-0.3, -0.25) is 0 Å². The van der Waals surface area contributed by atoms with Crippen molar-refractivity contribution in [2.75, 3.05) is 25.0 Å². The topological polar surface area (TPSA) is 28.2 Å². The van der Waals surface area contributed by atoms with E-state index in [1.165, 1.54) is 10.4 Å². The summed E-state index contributed by atoms with van der Waals surface area (Å²) in [6.45, 7) is 7.14. The molecule has 102 valence electrons. The molecular formula is C15H21N3S. The molecule has 1 heterocycles. The van der Waals surface area contributed by atoms with Crippen LogP contribution >= 0.6 is 11.3 Å². The average Bonchev–Trinajstić information content (AvgIpc) is 2.86. The van der Waals surface area contributed by atoms with Crippen molar-refractivity contribution in [2.45, 2.75) is 20.4 Å². The Morgan fingerprint density at radius 2 is 1.84 bits per heavy atom. The minimum atomic E-state index is 0.808. The van der Waals surface area contributed by atoms with Gasteiger partial charge in [-0.1, -0.05) is 41.7 Å². The van der Waals surface area contributed by atoms with Gasteiger partial charge in [0.2, 0.25) is 0 Å². The van der Waals surface area contributed by atoms with Crippen molar-refractivity contribution in [3.63, 3.8) is 0 Å². The summed E-state index contributed by atoms with van der Waals surface area (Å²) in [7, 11) is 1.96. The van der Waals surface area contributed by atoms with Crippen LogP contribution in [0.1, 0.15) is 19.5 Å². The lowest BCUT2D eigenvalue weighted by molar-refractivity contribution is 0.790. The molecule has 0 aliphatic heterocycles. The van der Waals surface area contributed by atoms with Gasteiger partial charge >= 0.3 is 0 Å². The highest BCUT2D eigenvalue weighted by Gasteiger charge is 2.15. The van der Waals surface area contributed by atoms with E-state index < -0.39 is 0 Å². The molecule has 0 bridgehead atoms. The Hall–Kier alpha value is -1.39. The minimum Gasteiger partial charge on any atom is -0.349 e. The van der Waals surface area contributed by atoms with Crippen LogP contribution in [0.25, 0.3) is 10.4 Å². The minimum absolute atomic E-state index is 0.808. The lowest BCUT2D eigenvalue weighted by Crippen LogP contribution is -2.21. The number of hydrogen-bond acceptors (Lipinski definition) is 4. The van der Waals surface area contributed by atoms with Crippen molar-refractivity contribution in [3.05, 3.63) is 36.0 Å². The van der Waals surface area contributed by atoms with Gasteiger partial charge in [0.05, 0.1) is 10.6 Å². The van der Waals surface area contributed by atoms with E-state index in [9.17, 15) is 0 Å². The Bertz CT molecular complexity index is 503. The van der Waals surface area contributed by atoms with Crippen molar-refractivity contribution in [1.29, 1.82) is 0 Å². The zero-order valence-corrected chi connectivity index (χ0v) is 12.6. The average molecular weight is 275 g/mol. The molecule has 2 aromatic rings. The Kier molecular flexibility index (Phi) is 4.93. The van der Waals surface area contributed by atoms with Gasteiger partial charge in [0.1, 0.15) is 0 Å². The van der Waals surface area contributed by atoms with Gasteiger partial charge in [-0.25, -0.2) is 4.98 Å². The van der Waals surface area contributed by atoms with E-state index in [1.807, 2.05) is 13.1 Å². The van der Waals surface area contributed by atoms with Crippen LogP contribution in [0, 0.1) is 0 Å². The van der Waals surface area contributed by atoms with Crippen LogP contribution in [0.15, 0.2) is 30.3 Å². The van der Waals surface area contributed by atoms with E-state index in [0.29, 0.717) is 0 Å². The second-order valence-electron chi connectivity index (χ2n) is 4.34. The van der Waals surface area contributed by atoms with E-state index in [-0.39, 0.29) is 0 Å². The predicted octanol–water partition coefficient (Wildman–Crippen LogP) is 3.38. The largest absolute Gasteiger partial charge is 0.349 e. The molecule has 0 fully saturated rings. The number of hydrogen-bond donors (Lipinski definition) is 1. The summed E-state index contributed by atoms with van der Waals surface area (Å²) in [6, 6.07) is 10.5. The summed E-state index contributed by atoms with van der Waals surface area (Å²) in [5.41, 5.74) is 2.39. The Balaban J connectivity index is 2.41. The molecule has 0 aliphatic rings. The van der Waals surface area contributed by atoms with Crippen molar-refractivity contribution in [3.8, 4) is 10.4 Å². The van der Waals surface area contributed by atoms with E-state index in [1.54, 1.807) is 11.3 Å². The van der Waals surface area contributed by atoms with E-state index in [4.69, 9.17) is 4.98 Å². The zero-order chi connectivity index (χ0) is 13.7. The van der Waals surface area contributed by atoms with E-state index in [0.717, 1.165) is 30.5 Å². The van der Waals surface area contributed by atoms with Gasteiger partial charge in [-0.05, 0) is 26.5 Å². The van der Waals surface area contributed by atoms with Crippen LogP contribution in [0.2, 0.25) is 0 Å². The first-order valence-electron chi connectivity index (χ1n) is 6.74. The third-order valence-electron chi connectivity index (χ3n) is 3.10. The molecule has 1 aromatic heterocycles.